The van der Waals surface area contributed by atoms with Crippen LogP contribution in [0.1, 0.15) is 20.8 Å². The van der Waals surface area contributed by atoms with Crippen LogP contribution in [0.2, 0.25) is 5.02 Å². The van der Waals surface area contributed by atoms with E-state index < -0.39 is 6.04 Å². The molecule has 6 nitrogen and oxygen atoms in total. The third-order valence-electron chi connectivity index (χ3n) is 6.00. The number of anilines is 1. The molecule has 1 aliphatic rings. The lowest BCUT2D eigenvalue weighted by molar-refractivity contribution is -0.136. The standard InChI is InChI=1S/C24H28ClN5O.ClH/c1-15(2)21(26)24(31)30-13-12-29(14-16(30)3)23-20-7-5-4-6-19(20)22(27-28-23)17-8-10-18(25)11-9-17;/h4-11,15-16,21H,12-14,26H2,1-3H3;1H. The van der Waals surface area contributed by atoms with Gasteiger partial charge >= 0.3 is 0 Å². The van der Waals surface area contributed by atoms with Gasteiger partial charge in [-0.05, 0) is 25.0 Å². The Hall–Kier alpha value is -2.41. The topological polar surface area (TPSA) is 75.4 Å². The van der Waals surface area contributed by atoms with E-state index in [2.05, 4.69) is 34.2 Å². The van der Waals surface area contributed by atoms with Crippen molar-refractivity contribution in [1.29, 1.82) is 0 Å². The minimum atomic E-state index is -0.465. The van der Waals surface area contributed by atoms with Crippen molar-refractivity contribution in [3.63, 3.8) is 0 Å². The maximum absolute atomic E-state index is 12.8. The van der Waals surface area contributed by atoms with Crippen molar-refractivity contribution in [3.05, 3.63) is 53.6 Å². The van der Waals surface area contributed by atoms with Crippen LogP contribution in [-0.4, -0.2) is 52.7 Å². The number of fused-ring (bicyclic) bond motifs is 1. The largest absolute Gasteiger partial charge is 0.351 e. The number of hydrogen-bond acceptors (Lipinski definition) is 5. The predicted molar refractivity (Wildman–Crippen MR) is 133 cm³/mol. The summed E-state index contributed by atoms with van der Waals surface area (Å²) in [4.78, 5) is 16.9. The van der Waals surface area contributed by atoms with Gasteiger partial charge in [-0.2, -0.15) is 0 Å². The quantitative estimate of drug-likeness (QED) is 0.607. The van der Waals surface area contributed by atoms with E-state index in [0.29, 0.717) is 24.7 Å². The molecule has 1 saturated heterocycles. The summed E-state index contributed by atoms with van der Waals surface area (Å²) in [5, 5.41) is 12.0. The normalized spacial score (nSPS) is 17.4. The van der Waals surface area contributed by atoms with Crippen molar-refractivity contribution in [2.45, 2.75) is 32.9 Å². The summed E-state index contributed by atoms with van der Waals surface area (Å²) in [6.07, 6.45) is 0. The molecule has 0 radical (unpaired) electrons. The first-order valence-corrected chi connectivity index (χ1v) is 11.1. The SMILES string of the molecule is CC(C)C(N)C(=O)N1CCN(c2nnc(-c3ccc(Cl)cc3)c3ccccc23)CC1C.Cl. The van der Waals surface area contributed by atoms with Gasteiger partial charge in [-0.25, -0.2) is 0 Å². The fourth-order valence-corrected chi connectivity index (χ4v) is 4.22. The summed E-state index contributed by atoms with van der Waals surface area (Å²) in [5.74, 6) is 0.990. The van der Waals surface area contributed by atoms with Crippen molar-refractivity contribution in [3.8, 4) is 11.3 Å². The van der Waals surface area contributed by atoms with Gasteiger partial charge in [0, 0.05) is 47.0 Å². The molecular formula is C24H29Cl2N5O. The summed E-state index contributed by atoms with van der Waals surface area (Å²) in [6, 6.07) is 15.4. The highest BCUT2D eigenvalue weighted by Crippen LogP contribution is 2.32. The fraction of sp³-hybridized carbons (Fsp3) is 0.375. The molecule has 0 saturated carbocycles. The highest BCUT2D eigenvalue weighted by atomic mass is 35.5. The molecule has 170 valence electrons. The van der Waals surface area contributed by atoms with Gasteiger partial charge in [0.05, 0.1) is 6.04 Å². The minimum Gasteiger partial charge on any atom is -0.351 e. The third kappa shape index (κ3) is 4.68. The number of nitrogens with two attached hydrogens (primary N) is 1. The zero-order chi connectivity index (χ0) is 22.1. The summed E-state index contributed by atoms with van der Waals surface area (Å²) < 4.78 is 0. The van der Waals surface area contributed by atoms with Gasteiger partial charge in [-0.3, -0.25) is 4.79 Å². The van der Waals surface area contributed by atoms with Crippen LogP contribution in [0.25, 0.3) is 22.0 Å². The van der Waals surface area contributed by atoms with Crippen LogP contribution >= 0.6 is 24.0 Å². The Morgan fingerprint density at radius 3 is 2.34 bits per heavy atom. The zero-order valence-corrected chi connectivity index (χ0v) is 20.1. The van der Waals surface area contributed by atoms with E-state index in [-0.39, 0.29) is 30.3 Å². The van der Waals surface area contributed by atoms with Gasteiger partial charge in [0.1, 0.15) is 5.69 Å². The third-order valence-corrected chi connectivity index (χ3v) is 6.25. The predicted octanol–water partition coefficient (Wildman–Crippen LogP) is 4.39. The average molecular weight is 474 g/mol. The number of amides is 1. The van der Waals surface area contributed by atoms with Crippen molar-refractivity contribution in [1.82, 2.24) is 15.1 Å². The lowest BCUT2D eigenvalue weighted by Gasteiger charge is -2.41. The maximum Gasteiger partial charge on any atom is 0.240 e. The van der Waals surface area contributed by atoms with Gasteiger partial charge in [0.15, 0.2) is 5.82 Å². The summed E-state index contributed by atoms with van der Waals surface area (Å²) >= 11 is 6.05. The molecule has 32 heavy (non-hydrogen) atoms. The second-order valence-corrected chi connectivity index (χ2v) is 8.96. The summed E-state index contributed by atoms with van der Waals surface area (Å²) in [6.45, 7) is 8.03. The van der Waals surface area contributed by atoms with Crippen molar-refractivity contribution in [2.75, 3.05) is 24.5 Å². The number of halogens is 2. The van der Waals surface area contributed by atoms with Gasteiger partial charge in [-0.1, -0.05) is 61.8 Å². The molecule has 1 fully saturated rings. The van der Waals surface area contributed by atoms with Crippen molar-refractivity contribution >= 4 is 46.5 Å². The number of piperazine rings is 1. The Balaban J connectivity index is 0.00000289. The van der Waals surface area contributed by atoms with E-state index in [1.165, 1.54) is 0 Å². The highest BCUT2D eigenvalue weighted by molar-refractivity contribution is 6.30. The molecule has 0 bridgehead atoms. The van der Waals surface area contributed by atoms with E-state index in [0.717, 1.165) is 27.8 Å². The molecule has 1 aromatic heterocycles. The van der Waals surface area contributed by atoms with Gasteiger partial charge in [0.25, 0.3) is 0 Å². The molecule has 1 aliphatic heterocycles. The van der Waals surface area contributed by atoms with Crippen LogP contribution in [-0.2, 0) is 4.79 Å². The first kappa shape index (κ1) is 24.2. The van der Waals surface area contributed by atoms with Gasteiger partial charge in [0.2, 0.25) is 5.91 Å². The van der Waals surface area contributed by atoms with Gasteiger partial charge in [-0.15, -0.1) is 22.6 Å². The minimum absolute atomic E-state index is 0. The van der Waals surface area contributed by atoms with E-state index in [9.17, 15) is 4.79 Å². The van der Waals surface area contributed by atoms with Crippen molar-refractivity contribution < 1.29 is 4.79 Å². The fourth-order valence-electron chi connectivity index (χ4n) is 4.10. The molecule has 4 rings (SSSR count). The number of carbonyl (C=O) groups is 1. The van der Waals surface area contributed by atoms with Crippen LogP contribution in [0.5, 0.6) is 0 Å². The molecule has 2 unspecified atom stereocenters. The number of nitrogens with zero attached hydrogens (tertiary/aromatic N) is 4. The summed E-state index contributed by atoms with van der Waals surface area (Å²) in [7, 11) is 0. The second-order valence-electron chi connectivity index (χ2n) is 8.52. The molecule has 2 aromatic carbocycles. The van der Waals surface area contributed by atoms with Crippen molar-refractivity contribution in [2.24, 2.45) is 11.7 Å². The second kappa shape index (κ2) is 10.0. The number of benzene rings is 2. The molecule has 2 heterocycles. The van der Waals surface area contributed by atoms with Crippen LogP contribution in [0.15, 0.2) is 48.5 Å². The lowest BCUT2D eigenvalue weighted by atomic mass is 10.0. The smallest absolute Gasteiger partial charge is 0.240 e. The number of carbonyl (C=O) groups excluding carboxylic acids is 1. The monoisotopic (exact) mass is 473 g/mol. The van der Waals surface area contributed by atoms with Gasteiger partial charge < -0.3 is 15.5 Å². The average Bonchev–Trinajstić information content (AvgIpc) is 2.78. The number of aromatic nitrogens is 2. The molecule has 3 aromatic rings. The number of hydrogen-bond donors (Lipinski definition) is 1. The first-order valence-electron chi connectivity index (χ1n) is 10.7. The Bertz CT molecular complexity index is 1090. The zero-order valence-electron chi connectivity index (χ0n) is 18.5. The Morgan fingerprint density at radius 2 is 1.72 bits per heavy atom. The molecular weight excluding hydrogens is 445 g/mol. The number of rotatable bonds is 4. The van der Waals surface area contributed by atoms with E-state index in [4.69, 9.17) is 17.3 Å². The highest BCUT2D eigenvalue weighted by Gasteiger charge is 2.32. The van der Waals surface area contributed by atoms with Crippen LogP contribution in [0.4, 0.5) is 5.82 Å². The molecule has 2 atom stereocenters. The Labute approximate surface area is 200 Å². The molecule has 0 spiro atoms. The van der Waals surface area contributed by atoms with Crippen LogP contribution in [0, 0.1) is 5.92 Å². The Morgan fingerprint density at radius 1 is 1.06 bits per heavy atom. The first-order chi connectivity index (χ1) is 14.9. The summed E-state index contributed by atoms with van der Waals surface area (Å²) in [5.41, 5.74) is 7.93. The Kier molecular flexibility index (Phi) is 7.59. The lowest BCUT2D eigenvalue weighted by Crippen LogP contribution is -2.58. The van der Waals surface area contributed by atoms with E-state index >= 15 is 0 Å². The molecule has 8 heteroatoms. The molecule has 0 aliphatic carbocycles. The van der Waals surface area contributed by atoms with Crippen LogP contribution in [0.3, 0.4) is 0 Å². The maximum atomic E-state index is 12.8. The molecule has 2 N–H and O–H groups in total. The van der Waals surface area contributed by atoms with E-state index in [1.807, 2.05) is 55.1 Å². The van der Waals surface area contributed by atoms with Crippen LogP contribution < -0.4 is 10.6 Å². The molecule has 1 amide bonds. The van der Waals surface area contributed by atoms with E-state index in [1.54, 1.807) is 0 Å².